The Balaban J connectivity index is 2.39. The number of nitrogens with two attached hydrogens (primary N) is 1. The molecule has 6 heteroatoms. The van der Waals surface area contributed by atoms with Crippen LogP contribution in [0.5, 0.6) is 11.5 Å². The van der Waals surface area contributed by atoms with Gasteiger partial charge in [-0.3, -0.25) is 0 Å². The van der Waals surface area contributed by atoms with Gasteiger partial charge in [0, 0.05) is 11.6 Å². The van der Waals surface area contributed by atoms with Crippen LogP contribution in [0.1, 0.15) is 15.9 Å². The molecule has 0 radical (unpaired) electrons. The predicted octanol–water partition coefficient (Wildman–Crippen LogP) is 2.39. The van der Waals surface area contributed by atoms with E-state index in [2.05, 4.69) is 0 Å². The van der Waals surface area contributed by atoms with Gasteiger partial charge in [-0.25, -0.2) is 9.18 Å². The Labute approximate surface area is 114 Å². The van der Waals surface area contributed by atoms with Crippen molar-refractivity contribution in [1.82, 2.24) is 0 Å². The molecular weight excluding hydrogens is 265 g/mol. The van der Waals surface area contributed by atoms with Crippen LogP contribution in [0.15, 0.2) is 36.4 Å². The van der Waals surface area contributed by atoms with Gasteiger partial charge in [0.1, 0.15) is 11.6 Å². The van der Waals surface area contributed by atoms with Crippen LogP contribution < -0.4 is 10.5 Å². The Morgan fingerprint density at radius 2 is 1.95 bits per heavy atom. The molecule has 0 aliphatic rings. The molecule has 2 aromatic carbocycles. The van der Waals surface area contributed by atoms with Gasteiger partial charge in [-0.15, -0.1) is 0 Å². The maximum Gasteiger partial charge on any atom is 0.338 e. The van der Waals surface area contributed by atoms with Gasteiger partial charge in [0.25, 0.3) is 0 Å². The molecule has 0 aromatic heterocycles. The molecule has 2 aromatic rings. The van der Waals surface area contributed by atoms with Gasteiger partial charge in [-0.2, -0.15) is 0 Å². The number of rotatable bonds is 4. The molecule has 0 bridgehead atoms. The molecule has 0 saturated heterocycles. The quantitative estimate of drug-likeness (QED) is 0.746. The maximum absolute atomic E-state index is 13.6. The number of aliphatic hydroxyl groups excluding tert-OH is 1. The monoisotopic (exact) mass is 277 g/mol. The SMILES string of the molecule is Nc1cc(C(=O)O)c(F)cc1Oc1ccccc1CO. The van der Waals surface area contributed by atoms with E-state index in [-0.39, 0.29) is 18.0 Å². The van der Waals surface area contributed by atoms with Crippen LogP contribution in [0.4, 0.5) is 10.1 Å². The third-order valence-electron chi connectivity index (χ3n) is 2.69. The van der Waals surface area contributed by atoms with Gasteiger partial charge in [0.15, 0.2) is 5.75 Å². The first-order valence-corrected chi connectivity index (χ1v) is 5.72. The lowest BCUT2D eigenvalue weighted by Gasteiger charge is -2.12. The van der Waals surface area contributed by atoms with Crippen LogP contribution in [0.2, 0.25) is 0 Å². The lowest BCUT2D eigenvalue weighted by atomic mass is 10.1. The number of benzene rings is 2. The molecule has 5 nitrogen and oxygen atoms in total. The molecule has 0 saturated carbocycles. The summed E-state index contributed by atoms with van der Waals surface area (Å²) in [5, 5.41) is 18.0. The number of nitrogen functional groups attached to an aromatic ring is 1. The van der Waals surface area contributed by atoms with Gasteiger partial charge in [0.05, 0.1) is 17.9 Å². The molecule has 20 heavy (non-hydrogen) atoms. The number of para-hydroxylation sites is 1. The highest BCUT2D eigenvalue weighted by atomic mass is 19.1. The molecule has 104 valence electrons. The van der Waals surface area contributed by atoms with Crippen LogP contribution in [-0.4, -0.2) is 16.2 Å². The average molecular weight is 277 g/mol. The molecule has 0 aliphatic heterocycles. The van der Waals surface area contributed by atoms with E-state index in [1.54, 1.807) is 24.3 Å². The molecule has 4 N–H and O–H groups in total. The van der Waals surface area contributed by atoms with E-state index >= 15 is 0 Å². The highest BCUT2D eigenvalue weighted by Gasteiger charge is 2.15. The second kappa shape index (κ2) is 5.58. The van der Waals surface area contributed by atoms with E-state index in [1.165, 1.54) is 0 Å². The zero-order valence-electron chi connectivity index (χ0n) is 10.3. The van der Waals surface area contributed by atoms with E-state index in [1.807, 2.05) is 0 Å². The number of aliphatic hydroxyl groups is 1. The molecule has 0 spiro atoms. The number of carboxylic acids is 1. The third-order valence-corrected chi connectivity index (χ3v) is 2.69. The van der Waals surface area contributed by atoms with E-state index < -0.39 is 17.3 Å². The third kappa shape index (κ3) is 2.70. The number of ether oxygens (including phenoxy) is 1. The summed E-state index contributed by atoms with van der Waals surface area (Å²) in [7, 11) is 0. The summed E-state index contributed by atoms with van der Waals surface area (Å²) in [6, 6.07) is 8.55. The fraction of sp³-hybridized carbons (Fsp3) is 0.0714. The second-order valence-electron chi connectivity index (χ2n) is 4.04. The molecule has 0 aliphatic carbocycles. The van der Waals surface area contributed by atoms with Gasteiger partial charge in [0.2, 0.25) is 0 Å². The molecule has 0 atom stereocenters. The van der Waals surface area contributed by atoms with Crippen molar-refractivity contribution in [2.24, 2.45) is 0 Å². The molecule has 0 unspecified atom stereocenters. The number of halogens is 1. The molecule has 0 amide bonds. The van der Waals surface area contributed by atoms with Crippen molar-refractivity contribution < 1.29 is 24.1 Å². The van der Waals surface area contributed by atoms with E-state index in [0.29, 0.717) is 11.3 Å². The minimum Gasteiger partial charge on any atom is -0.478 e. The highest BCUT2D eigenvalue weighted by molar-refractivity contribution is 5.89. The number of carboxylic acid groups (broad SMARTS) is 1. The number of hydrogen-bond acceptors (Lipinski definition) is 4. The Kier molecular flexibility index (Phi) is 3.86. The normalized spacial score (nSPS) is 10.3. The standard InChI is InChI=1S/C14H12FNO4/c15-10-6-13(11(16)5-9(10)14(18)19)20-12-4-2-1-3-8(12)7-17/h1-6,17H,7,16H2,(H,18,19). The number of hydrogen-bond donors (Lipinski definition) is 3. The maximum atomic E-state index is 13.6. The van der Waals surface area contributed by atoms with E-state index in [0.717, 1.165) is 12.1 Å². The van der Waals surface area contributed by atoms with Gasteiger partial charge in [-0.1, -0.05) is 18.2 Å². The molecule has 2 rings (SSSR count). The largest absolute Gasteiger partial charge is 0.478 e. The second-order valence-corrected chi connectivity index (χ2v) is 4.04. The highest BCUT2D eigenvalue weighted by Crippen LogP contribution is 2.31. The van der Waals surface area contributed by atoms with Crippen LogP contribution >= 0.6 is 0 Å². The first-order valence-electron chi connectivity index (χ1n) is 5.72. The van der Waals surface area contributed by atoms with Crippen molar-refractivity contribution in [3.63, 3.8) is 0 Å². The van der Waals surface area contributed by atoms with Crippen molar-refractivity contribution in [2.45, 2.75) is 6.61 Å². The summed E-state index contributed by atoms with van der Waals surface area (Å²) in [6.45, 7) is -0.244. The summed E-state index contributed by atoms with van der Waals surface area (Å²) in [5.74, 6) is -2.03. The van der Waals surface area contributed by atoms with Crippen molar-refractivity contribution >= 4 is 11.7 Å². The minimum atomic E-state index is -1.41. The number of anilines is 1. The average Bonchev–Trinajstić information content (AvgIpc) is 2.42. The van der Waals surface area contributed by atoms with Crippen LogP contribution in [0.25, 0.3) is 0 Å². The summed E-state index contributed by atoms with van der Waals surface area (Å²) < 4.78 is 19.0. The number of aromatic carboxylic acids is 1. The summed E-state index contributed by atoms with van der Waals surface area (Å²) in [4.78, 5) is 10.8. The summed E-state index contributed by atoms with van der Waals surface area (Å²) in [5.41, 5.74) is 5.63. The van der Waals surface area contributed by atoms with Gasteiger partial charge in [-0.05, 0) is 12.1 Å². The number of carbonyl (C=O) groups is 1. The van der Waals surface area contributed by atoms with Crippen molar-refractivity contribution in [3.05, 3.63) is 53.3 Å². The van der Waals surface area contributed by atoms with Crippen molar-refractivity contribution in [1.29, 1.82) is 0 Å². The molecule has 0 heterocycles. The Morgan fingerprint density at radius 3 is 2.60 bits per heavy atom. The first-order chi connectivity index (χ1) is 9.52. The fourth-order valence-electron chi connectivity index (χ4n) is 1.68. The zero-order chi connectivity index (χ0) is 14.7. The van der Waals surface area contributed by atoms with Crippen LogP contribution in [0, 0.1) is 5.82 Å². The zero-order valence-corrected chi connectivity index (χ0v) is 10.3. The van der Waals surface area contributed by atoms with Crippen molar-refractivity contribution in [2.75, 3.05) is 5.73 Å². The van der Waals surface area contributed by atoms with Crippen LogP contribution in [0.3, 0.4) is 0 Å². The lowest BCUT2D eigenvalue weighted by Crippen LogP contribution is -2.04. The fourth-order valence-corrected chi connectivity index (χ4v) is 1.68. The topological polar surface area (TPSA) is 92.8 Å². The van der Waals surface area contributed by atoms with Crippen molar-refractivity contribution in [3.8, 4) is 11.5 Å². The van der Waals surface area contributed by atoms with Crippen LogP contribution in [-0.2, 0) is 6.61 Å². The Hall–Kier alpha value is -2.60. The Bertz CT molecular complexity index is 658. The van der Waals surface area contributed by atoms with Gasteiger partial charge >= 0.3 is 5.97 Å². The van der Waals surface area contributed by atoms with E-state index in [4.69, 9.17) is 15.6 Å². The summed E-state index contributed by atoms with van der Waals surface area (Å²) >= 11 is 0. The first kappa shape index (κ1) is 13.8. The molecule has 0 fully saturated rings. The van der Waals surface area contributed by atoms with E-state index in [9.17, 15) is 14.3 Å². The Morgan fingerprint density at radius 1 is 1.25 bits per heavy atom. The smallest absolute Gasteiger partial charge is 0.338 e. The molecular formula is C14H12FNO4. The van der Waals surface area contributed by atoms with Gasteiger partial charge < -0.3 is 20.7 Å². The summed E-state index contributed by atoms with van der Waals surface area (Å²) in [6.07, 6.45) is 0. The predicted molar refractivity (Wildman–Crippen MR) is 70.2 cm³/mol. The lowest BCUT2D eigenvalue weighted by molar-refractivity contribution is 0.0692. The minimum absolute atomic E-state index is 0.00320.